The van der Waals surface area contributed by atoms with Crippen molar-refractivity contribution >= 4 is 16.0 Å². The van der Waals surface area contributed by atoms with Crippen molar-refractivity contribution in [1.82, 2.24) is 4.72 Å². The third kappa shape index (κ3) is 4.58. The van der Waals surface area contributed by atoms with Gasteiger partial charge in [-0.05, 0) is 48.4 Å². The van der Waals surface area contributed by atoms with Crippen molar-refractivity contribution in [3.8, 4) is 5.75 Å². The molecule has 0 aliphatic rings. The number of sulfonamides is 1. The van der Waals surface area contributed by atoms with Gasteiger partial charge in [-0.1, -0.05) is 19.1 Å². The van der Waals surface area contributed by atoms with E-state index >= 15 is 0 Å². The highest BCUT2D eigenvalue weighted by Crippen LogP contribution is 2.22. The van der Waals surface area contributed by atoms with Crippen molar-refractivity contribution in [1.29, 1.82) is 0 Å². The molecule has 0 bridgehead atoms. The van der Waals surface area contributed by atoms with Gasteiger partial charge in [0.15, 0.2) is 0 Å². The molecule has 0 unspecified atom stereocenters. The summed E-state index contributed by atoms with van der Waals surface area (Å²) in [5, 5.41) is 0. The molecule has 134 valence electrons. The van der Waals surface area contributed by atoms with Gasteiger partial charge in [0.05, 0.1) is 24.7 Å². The molecule has 6 nitrogen and oxygen atoms in total. The lowest BCUT2D eigenvalue weighted by atomic mass is 10.1. The topological polar surface area (TPSA) is 81.7 Å². The van der Waals surface area contributed by atoms with Crippen molar-refractivity contribution in [2.24, 2.45) is 0 Å². The Labute approximate surface area is 147 Å². The first-order valence-corrected chi connectivity index (χ1v) is 9.24. The fourth-order valence-electron chi connectivity index (χ4n) is 2.37. The number of hydrogen-bond acceptors (Lipinski definition) is 5. The van der Waals surface area contributed by atoms with Crippen LogP contribution in [0.25, 0.3) is 0 Å². The molecule has 7 heteroatoms. The first kappa shape index (κ1) is 19.0. The highest BCUT2D eigenvalue weighted by atomic mass is 32.2. The molecule has 0 aromatic heterocycles. The Kier molecular flexibility index (Phi) is 6.17. The van der Waals surface area contributed by atoms with E-state index in [1.807, 2.05) is 19.1 Å². The van der Waals surface area contributed by atoms with Crippen LogP contribution in [0, 0.1) is 0 Å². The molecule has 1 atom stereocenters. The maximum Gasteiger partial charge on any atom is 0.337 e. The molecule has 0 aliphatic carbocycles. The SMILES string of the molecule is CC[C@@H](NS(=O)(=O)c1ccc(C(=O)OC)cc1)c1ccc(OC)cc1. The third-order valence-corrected chi connectivity index (χ3v) is 5.30. The average molecular weight is 363 g/mol. The van der Waals surface area contributed by atoms with Gasteiger partial charge in [0.1, 0.15) is 5.75 Å². The zero-order valence-electron chi connectivity index (χ0n) is 14.4. The van der Waals surface area contributed by atoms with E-state index in [4.69, 9.17) is 4.74 Å². The lowest BCUT2D eigenvalue weighted by molar-refractivity contribution is 0.0600. The van der Waals surface area contributed by atoms with Crippen LogP contribution in [0.2, 0.25) is 0 Å². The summed E-state index contributed by atoms with van der Waals surface area (Å²) in [6, 6.07) is 12.5. The van der Waals surface area contributed by atoms with Gasteiger partial charge in [-0.25, -0.2) is 17.9 Å². The second kappa shape index (κ2) is 8.13. The Morgan fingerprint density at radius 1 is 1.04 bits per heavy atom. The zero-order chi connectivity index (χ0) is 18.4. The van der Waals surface area contributed by atoms with Crippen molar-refractivity contribution in [3.05, 3.63) is 59.7 Å². The Morgan fingerprint density at radius 3 is 2.12 bits per heavy atom. The summed E-state index contributed by atoms with van der Waals surface area (Å²) in [4.78, 5) is 11.5. The van der Waals surface area contributed by atoms with Gasteiger partial charge < -0.3 is 9.47 Å². The summed E-state index contributed by atoms with van der Waals surface area (Å²) in [5.74, 6) is 0.196. The number of carbonyl (C=O) groups excluding carboxylic acids is 1. The number of benzene rings is 2. The number of hydrogen-bond donors (Lipinski definition) is 1. The fraction of sp³-hybridized carbons (Fsp3) is 0.278. The predicted molar refractivity (Wildman–Crippen MR) is 94.1 cm³/mol. The molecule has 25 heavy (non-hydrogen) atoms. The Balaban J connectivity index is 2.21. The minimum atomic E-state index is -3.72. The molecule has 0 aliphatic heterocycles. The van der Waals surface area contributed by atoms with Crippen LogP contribution in [0.1, 0.15) is 35.3 Å². The van der Waals surface area contributed by atoms with Gasteiger partial charge in [-0.15, -0.1) is 0 Å². The van der Waals surface area contributed by atoms with Crippen LogP contribution in [-0.2, 0) is 14.8 Å². The molecule has 2 aromatic rings. The van der Waals surface area contributed by atoms with Crippen molar-refractivity contribution in [2.75, 3.05) is 14.2 Å². The van der Waals surface area contributed by atoms with Gasteiger partial charge in [-0.2, -0.15) is 0 Å². The van der Waals surface area contributed by atoms with Crippen LogP contribution in [0.3, 0.4) is 0 Å². The normalized spacial score (nSPS) is 12.4. The molecule has 0 spiro atoms. The van der Waals surface area contributed by atoms with Gasteiger partial charge in [-0.3, -0.25) is 0 Å². The molecule has 0 saturated heterocycles. The van der Waals surface area contributed by atoms with E-state index in [9.17, 15) is 13.2 Å². The van der Waals surface area contributed by atoms with E-state index in [1.165, 1.54) is 31.4 Å². The third-order valence-electron chi connectivity index (χ3n) is 3.81. The molecule has 0 saturated carbocycles. The van der Waals surface area contributed by atoms with E-state index in [-0.39, 0.29) is 10.9 Å². The van der Waals surface area contributed by atoms with Crippen LogP contribution in [-0.4, -0.2) is 28.6 Å². The monoisotopic (exact) mass is 363 g/mol. The highest BCUT2D eigenvalue weighted by molar-refractivity contribution is 7.89. The summed E-state index contributed by atoms with van der Waals surface area (Å²) < 4.78 is 37.6. The number of rotatable bonds is 7. The summed E-state index contributed by atoms with van der Waals surface area (Å²) in [5.41, 5.74) is 1.14. The first-order chi connectivity index (χ1) is 11.9. The minimum Gasteiger partial charge on any atom is -0.497 e. The Morgan fingerprint density at radius 2 is 1.64 bits per heavy atom. The van der Waals surface area contributed by atoms with Gasteiger partial charge in [0.25, 0.3) is 0 Å². The summed E-state index contributed by atoms with van der Waals surface area (Å²) in [7, 11) is -0.869. The smallest absolute Gasteiger partial charge is 0.337 e. The molecule has 0 fully saturated rings. The maximum absolute atomic E-state index is 12.6. The summed E-state index contributed by atoms with van der Waals surface area (Å²) in [6.45, 7) is 1.90. The molecule has 0 heterocycles. The summed E-state index contributed by atoms with van der Waals surface area (Å²) >= 11 is 0. The minimum absolute atomic E-state index is 0.0899. The van der Waals surface area contributed by atoms with Crippen LogP contribution >= 0.6 is 0 Å². The van der Waals surface area contributed by atoms with E-state index in [1.54, 1.807) is 19.2 Å². The van der Waals surface area contributed by atoms with Crippen LogP contribution in [0.4, 0.5) is 0 Å². The number of esters is 1. The number of ether oxygens (including phenoxy) is 2. The Bertz CT molecular complexity index is 814. The van der Waals surface area contributed by atoms with Crippen LogP contribution < -0.4 is 9.46 Å². The second-order valence-corrected chi connectivity index (χ2v) is 7.09. The standard InChI is InChI=1S/C18H21NO5S/c1-4-17(13-5-9-15(23-2)10-6-13)19-25(21,22)16-11-7-14(8-12-16)18(20)24-3/h5-12,17,19H,4H2,1-3H3/t17-/m1/s1. The van der Waals surface area contributed by atoms with Gasteiger partial charge >= 0.3 is 5.97 Å². The zero-order valence-corrected chi connectivity index (χ0v) is 15.2. The molecule has 1 N–H and O–H groups in total. The molecule has 2 rings (SSSR count). The predicted octanol–water partition coefficient (Wildman–Crippen LogP) is 2.91. The fourth-order valence-corrected chi connectivity index (χ4v) is 3.67. The largest absolute Gasteiger partial charge is 0.497 e. The van der Waals surface area contributed by atoms with Crippen LogP contribution in [0.5, 0.6) is 5.75 Å². The van der Waals surface area contributed by atoms with E-state index in [0.29, 0.717) is 17.7 Å². The van der Waals surface area contributed by atoms with Crippen molar-refractivity contribution < 1.29 is 22.7 Å². The number of carbonyl (C=O) groups is 1. The summed E-state index contributed by atoms with van der Waals surface area (Å²) in [6.07, 6.45) is 0.589. The lowest BCUT2D eigenvalue weighted by Crippen LogP contribution is -2.28. The van der Waals surface area contributed by atoms with E-state index in [2.05, 4.69) is 9.46 Å². The van der Waals surface area contributed by atoms with Gasteiger partial charge in [0, 0.05) is 6.04 Å². The van der Waals surface area contributed by atoms with Gasteiger partial charge in [0.2, 0.25) is 10.0 Å². The molecule has 2 aromatic carbocycles. The molecule has 0 radical (unpaired) electrons. The number of nitrogens with one attached hydrogen (secondary N) is 1. The van der Waals surface area contributed by atoms with Crippen LogP contribution in [0.15, 0.2) is 53.4 Å². The quantitative estimate of drug-likeness (QED) is 0.765. The van der Waals surface area contributed by atoms with Crippen molar-refractivity contribution in [3.63, 3.8) is 0 Å². The molecule has 0 amide bonds. The number of methoxy groups -OCH3 is 2. The van der Waals surface area contributed by atoms with E-state index in [0.717, 1.165) is 5.56 Å². The average Bonchev–Trinajstić information content (AvgIpc) is 2.65. The highest BCUT2D eigenvalue weighted by Gasteiger charge is 2.20. The van der Waals surface area contributed by atoms with E-state index < -0.39 is 16.0 Å². The lowest BCUT2D eigenvalue weighted by Gasteiger charge is -2.18. The van der Waals surface area contributed by atoms with Crippen molar-refractivity contribution in [2.45, 2.75) is 24.3 Å². The first-order valence-electron chi connectivity index (χ1n) is 7.76. The maximum atomic E-state index is 12.6. The molecular formula is C18H21NO5S. The Hall–Kier alpha value is -2.38. The second-order valence-electron chi connectivity index (χ2n) is 5.37. The molecular weight excluding hydrogens is 342 g/mol.